The first-order valence-electron chi connectivity index (χ1n) is 7.49. The van der Waals surface area contributed by atoms with Crippen LogP contribution in [0.1, 0.15) is 81.1 Å². The fraction of sp³-hybridized carbons (Fsp3) is 0.938. The highest BCUT2D eigenvalue weighted by molar-refractivity contribution is 5.75. The molecule has 0 spiro atoms. The average molecular weight is 257 g/mol. The number of nitrogens with one attached hydrogen (secondary N) is 1. The van der Waals surface area contributed by atoms with Gasteiger partial charge in [-0.3, -0.25) is 4.79 Å². The van der Waals surface area contributed by atoms with Gasteiger partial charge in [0, 0.05) is 13.0 Å². The highest BCUT2D eigenvalue weighted by Crippen LogP contribution is 2.35. The molecule has 18 heavy (non-hydrogen) atoms. The van der Waals surface area contributed by atoms with E-state index in [0.717, 1.165) is 19.4 Å². The summed E-state index contributed by atoms with van der Waals surface area (Å²) in [5.41, 5.74) is 0.544. The van der Waals surface area contributed by atoms with E-state index in [1.54, 1.807) is 0 Å². The van der Waals surface area contributed by atoms with Crippen molar-refractivity contribution in [2.45, 2.75) is 81.1 Å². The van der Waals surface area contributed by atoms with Gasteiger partial charge in [-0.25, -0.2) is 0 Å². The Morgan fingerprint density at radius 1 is 1.00 bits per heavy atom. The van der Waals surface area contributed by atoms with Crippen molar-refractivity contribution < 1.29 is 4.79 Å². The number of carbonyl (C=O) groups excluding carboxylic acids is 1. The van der Waals surface area contributed by atoms with E-state index in [1.165, 1.54) is 6.42 Å². The van der Waals surface area contributed by atoms with E-state index < -0.39 is 0 Å². The molecule has 110 valence electrons. The van der Waals surface area contributed by atoms with Crippen LogP contribution in [0.2, 0.25) is 0 Å². The molecular formula is C16H35NO. The summed E-state index contributed by atoms with van der Waals surface area (Å²) in [5, 5.41) is 3.03. The molecule has 0 aliphatic carbocycles. The maximum atomic E-state index is 11.4. The van der Waals surface area contributed by atoms with Crippen LogP contribution < -0.4 is 5.32 Å². The number of carbonyl (C=O) groups is 1. The lowest BCUT2D eigenvalue weighted by Gasteiger charge is -2.34. The normalized spacial score (nSPS) is 11.6. The molecule has 2 nitrogen and oxygen atoms in total. The lowest BCUT2D eigenvalue weighted by Crippen LogP contribution is -2.36. The van der Waals surface area contributed by atoms with Gasteiger partial charge >= 0.3 is 0 Å². The molecule has 0 aliphatic heterocycles. The Bertz CT molecular complexity index is 219. The first-order chi connectivity index (χ1) is 8.22. The van der Waals surface area contributed by atoms with Gasteiger partial charge in [-0.15, -0.1) is 0 Å². The zero-order chi connectivity index (χ0) is 14.8. The van der Waals surface area contributed by atoms with Crippen molar-refractivity contribution in [1.82, 2.24) is 5.32 Å². The van der Waals surface area contributed by atoms with Gasteiger partial charge in [0.15, 0.2) is 0 Å². The van der Waals surface area contributed by atoms with E-state index >= 15 is 0 Å². The van der Waals surface area contributed by atoms with Crippen LogP contribution in [0, 0.1) is 10.8 Å². The third kappa shape index (κ3) is 10.6. The molecule has 0 unspecified atom stereocenters. The van der Waals surface area contributed by atoms with Crippen LogP contribution >= 0.6 is 0 Å². The molecule has 0 atom stereocenters. The van der Waals surface area contributed by atoms with Crippen LogP contribution in [0.15, 0.2) is 0 Å². The van der Waals surface area contributed by atoms with Crippen molar-refractivity contribution >= 4 is 5.91 Å². The lowest BCUT2D eigenvalue weighted by atomic mass is 9.73. The van der Waals surface area contributed by atoms with Crippen LogP contribution in [-0.2, 0) is 4.79 Å². The monoisotopic (exact) mass is 257 g/mol. The summed E-state index contributed by atoms with van der Waals surface area (Å²) in [6, 6.07) is 0. The maximum Gasteiger partial charge on any atom is 0.220 e. The lowest BCUT2D eigenvalue weighted by molar-refractivity contribution is -0.121. The van der Waals surface area contributed by atoms with Crippen molar-refractivity contribution in [3.05, 3.63) is 0 Å². The topological polar surface area (TPSA) is 29.1 Å². The maximum absolute atomic E-state index is 11.4. The molecule has 0 rings (SSSR count). The van der Waals surface area contributed by atoms with Crippen molar-refractivity contribution in [3.63, 3.8) is 0 Å². The van der Waals surface area contributed by atoms with Gasteiger partial charge in [0.25, 0.3) is 0 Å². The minimum atomic E-state index is 0.183. The van der Waals surface area contributed by atoms with Gasteiger partial charge in [0.1, 0.15) is 0 Å². The highest BCUT2D eigenvalue weighted by Gasteiger charge is 2.27. The van der Waals surface area contributed by atoms with Gasteiger partial charge in [0.2, 0.25) is 5.91 Å². The second-order valence-electron chi connectivity index (χ2n) is 6.39. The number of rotatable bonds is 7. The number of amides is 1. The summed E-state index contributed by atoms with van der Waals surface area (Å²) >= 11 is 0. The van der Waals surface area contributed by atoms with Crippen molar-refractivity contribution in [3.8, 4) is 0 Å². The zero-order valence-electron chi connectivity index (χ0n) is 13.9. The Hall–Kier alpha value is -0.530. The first kappa shape index (κ1) is 19.8. The minimum absolute atomic E-state index is 0.183. The Balaban J connectivity index is 0. The fourth-order valence-electron chi connectivity index (χ4n) is 2.14. The Kier molecular flexibility index (Phi) is 10.3. The molecule has 0 bridgehead atoms. The van der Waals surface area contributed by atoms with E-state index in [4.69, 9.17) is 0 Å². The third-order valence-electron chi connectivity index (χ3n) is 3.16. The molecular weight excluding hydrogens is 222 g/mol. The van der Waals surface area contributed by atoms with Crippen LogP contribution in [0.3, 0.4) is 0 Å². The van der Waals surface area contributed by atoms with Crippen LogP contribution in [-0.4, -0.2) is 12.5 Å². The largest absolute Gasteiger partial charge is 0.356 e. The van der Waals surface area contributed by atoms with E-state index in [1.807, 2.05) is 20.8 Å². The second-order valence-corrected chi connectivity index (χ2v) is 6.39. The predicted molar refractivity (Wildman–Crippen MR) is 81.7 cm³/mol. The molecule has 1 N–H and O–H groups in total. The third-order valence-corrected chi connectivity index (χ3v) is 3.16. The predicted octanol–water partition coefficient (Wildman–Crippen LogP) is 4.78. The van der Waals surface area contributed by atoms with Gasteiger partial charge in [-0.05, 0) is 23.7 Å². The molecule has 0 radical (unpaired) electrons. The molecule has 2 heteroatoms. The fourth-order valence-corrected chi connectivity index (χ4v) is 2.14. The minimum Gasteiger partial charge on any atom is -0.356 e. The average Bonchev–Trinajstić information content (AvgIpc) is 2.28. The summed E-state index contributed by atoms with van der Waals surface area (Å²) in [7, 11) is 0. The van der Waals surface area contributed by atoms with Gasteiger partial charge in [-0.1, -0.05) is 61.8 Å². The molecule has 0 fully saturated rings. The molecule has 0 aliphatic rings. The summed E-state index contributed by atoms with van der Waals surface area (Å²) in [4.78, 5) is 11.4. The van der Waals surface area contributed by atoms with Gasteiger partial charge in [-0.2, -0.15) is 0 Å². The molecule has 0 aromatic rings. The van der Waals surface area contributed by atoms with Crippen molar-refractivity contribution in [1.29, 1.82) is 0 Å². The van der Waals surface area contributed by atoms with Crippen molar-refractivity contribution in [2.75, 3.05) is 6.54 Å². The molecule has 0 saturated heterocycles. The highest BCUT2D eigenvalue weighted by atomic mass is 16.1. The quantitative estimate of drug-likeness (QED) is 0.698. The second kappa shape index (κ2) is 9.41. The van der Waals surface area contributed by atoms with Crippen LogP contribution in [0.4, 0.5) is 0 Å². The first-order valence-corrected chi connectivity index (χ1v) is 7.49. The molecule has 0 saturated carbocycles. The summed E-state index contributed by atoms with van der Waals surface area (Å²) in [5.74, 6) is 0.185. The molecule has 0 aromatic carbocycles. The van der Waals surface area contributed by atoms with Gasteiger partial charge in [0.05, 0.1) is 0 Å². The van der Waals surface area contributed by atoms with Crippen LogP contribution in [0.5, 0.6) is 0 Å². The van der Waals surface area contributed by atoms with E-state index in [-0.39, 0.29) is 11.3 Å². The molecule has 0 aromatic heterocycles. The zero-order valence-corrected chi connectivity index (χ0v) is 13.9. The molecule has 1 amide bonds. The SMILES string of the molecule is CC.CCCC(=O)NCC(C)(C)CC(C)(C)CC. The Morgan fingerprint density at radius 2 is 1.50 bits per heavy atom. The Morgan fingerprint density at radius 3 is 1.89 bits per heavy atom. The smallest absolute Gasteiger partial charge is 0.220 e. The Labute approximate surface area is 115 Å². The van der Waals surface area contributed by atoms with E-state index in [0.29, 0.717) is 11.8 Å². The number of hydrogen-bond acceptors (Lipinski definition) is 1. The summed E-state index contributed by atoms with van der Waals surface area (Å²) in [6.07, 6.45) is 3.89. The van der Waals surface area contributed by atoms with Crippen LogP contribution in [0.25, 0.3) is 0 Å². The number of hydrogen-bond donors (Lipinski definition) is 1. The summed E-state index contributed by atoms with van der Waals surface area (Å²) in [6.45, 7) is 18.1. The van der Waals surface area contributed by atoms with E-state index in [9.17, 15) is 4.79 Å². The van der Waals surface area contributed by atoms with Crippen molar-refractivity contribution in [2.24, 2.45) is 10.8 Å². The standard InChI is InChI=1S/C14H29NO.C2H6/c1-7-9-12(16)15-11-14(5,6)10-13(3,4)8-2;1-2/h7-11H2,1-6H3,(H,15,16);1-2H3. The molecule has 0 heterocycles. The van der Waals surface area contributed by atoms with Gasteiger partial charge < -0.3 is 5.32 Å². The summed E-state index contributed by atoms with van der Waals surface area (Å²) < 4.78 is 0. The van der Waals surface area contributed by atoms with E-state index in [2.05, 4.69) is 39.9 Å².